The number of rotatable bonds is 7. The van der Waals surface area contributed by atoms with Crippen LogP contribution in [-0.2, 0) is 39.2 Å². The summed E-state index contributed by atoms with van der Waals surface area (Å²) in [5, 5.41) is 0. The van der Waals surface area contributed by atoms with Gasteiger partial charge in [-0.25, -0.2) is 0 Å². The molecule has 0 aromatic heterocycles. The molecule has 0 heterocycles. The van der Waals surface area contributed by atoms with Crippen molar-refractivity contribution in [1.29, 1.82) is 0 Å². The summed E-state index contributed by atoms with van der Waals surface area (Å²) in [6.07, 6.45) is 8.87. The van der Waals surface area contributed by atoms with Crippen molar-refractivity contribution in [1.82, 2.24) is 0 Å². The first-order valence-corrected chi connectivity index (χ1v) is 31.4. The van der Waals surface area contributed by atoms with Crippen LogP contribution in [0.25, 0.3) is 45.5 Å². The second-order valence-electron chi connectivity index (χ2n) is 19.4. The zero-order chi connectivity index (χ0) is 40.8. The van der Waals surface area contributed by atoms with Crippen LogP contribution in [0.4, 0.5) is 0 Å². The number of methoxy groups -OCH3 is 1. The van der Waals surface area contributed by atoms with Crippen LogP contribution in [0.15, 0.2) is 71.8 Å². The van der Waals surface area contributed by atoms with E-state index in [2.05, 4.69) is 162 Å². The molecule has 0 saturated heterocycles. The third-order valence-corrected chi connectivity index (χ3v) is 35.2. The van der Waals surface area contributed by atoms with Crippen molar-refractivity contribution < 1.29 is 25.6 Å². The number of aryl methyl sites for hydroxylation is 6. The number of hydrogen-bond acceptors (Lipinski definition) is 1. The van der Waals surface area contributed by atoms with Crippen LogP contribution in [-0.4, -0.2) is 13.0 Å². The number of benzene rings is 5. The molecule has 0 saturated carbocycles. The van der Waals surface area contributed by atoms with E-state index in [0.29, 0.717) is 7.25 Å². The predicted octanol–water partition coefficient (Wildman–Crippen LogP) is 14.6. The molecule has 3 aliphatic carbocycles. The van der Waals surface area contributed by atoms with Crippen LogP contribution >= 0.6 is 0 Å². The van der Waals surface area contributed by atoms with Gasteiger partial charge in [-0.3, -0.25) is 0 Å². The van der Waals surface area contributed by atoms with E-state index in [-0.39, 0.29) is 5.41 Å². The van der Waals surface area contributed by atoms with E-state index >= 15 is 0 Å². The molecule has 8 rings (SSSR count). The van der Waals surface area contributed by atoms with Gasteiger partial charge < -0.3 is 0 Å². The number of fused-ring (bicyclic) bond motifs is 3. The Hall–Kier alpha value is -3.52. The summed E-state index contributed by atoms with van der Waals surface area (Å²) in [6, 6.07) is 24.3. The van der Waals surface area contributed by atoms with Gasteiger partial charge in [-0.15, -0.1) is 0 Å². The molecule has 0 aliphatic heterocycles. The van der Waals surface area contributed by atoms with Crippen molar-refractivity contribution in [3.8, 4) is 39.1 Å². The summed E-state index contributed by atoms with van der Waals surface area (Å²) >= 11 is -2.49. The summed E-state index contributed by atoms with van der Waals surface area (Å²) in [5.41, 5.74) is 30.7. The Labute approximate surface area is 352 Å². The van der Waals surface area contributed by atoms with E-state index in [9.17, 15) is 0 Å². The first kappa shape index (κ1) is 40.3. The van der Waals surface area contributed by atoms with Crippen LogP contribution in [0.2, 0.25) is 13.1 Å². The van der Waals surface area contributed by atoms with E-state index in [1.165, 1.54) is 86.0 Å². The van der Waals surface area contributed by atoms with Crippen molar-refractivity contribution in [3.05, 3.63) is 144 Å². The topological polar surface area (TPSA) is 9.23 Å². The Bertz CT molecular complexity index is 2480. The Kier molecular flexibility index (Phi) is 10.6. The van der Waals surface area contributed by atoms with Crippen molar-refractivity contribution in [3.63, 3.8) is 0 Å². The molecule has 3 heteroatoms. The van der Waals surface area contributed by atoms with Crippen molar-refractivity contribution >= 4 is 18.1 Å². The molecule has 3 aliphatic rings. The van der Waals surface area contributed by atoms with Gasteiger partial charge >= 0.3 is 355 Å². The van der Waals surface area contributed by atoms with Crippen LogP contribution in [0.5, 0.6) is 5.75 Å². The molecular formula is C54H63OSiZr. The van der Waals surface area contributed by atoms with Gasteiger partial charge in [-0.2, -0.15) is 0 Å². The first-order valence-electron chi connectivity index (χ1n) is 21.4. The molecule has 0 fully saturated rings. The van der Waals surface area contributed by atoms with Gasteiger partial charge in [0.2, 0.25) is 0 Å². The molecule has 0 N–H and O–H groups in total. The van der Waals surface area contributed by atoms with E-state index in [1.807, 2.05) is 7.11 Å². The molecular weight excluding hydrogens is 784 g/mol. The molecule has 1 nitrogen and oxygen atoms in total. The van der Waals surface area contributed by atoms with Crippen molar-refractivity contribution in [2.24, 2.45) is 0 Å². The molecule has 2 unspecified atom stereocenters. The summed E-state index contributed by atoms with van der Waals surface area (Å²) in [6.45, 7) is 31.2. The van der Waals surface area contributed by atoms with Gasteiger partial charge in [0, 0.05) is 0 Å². The zero-order valence-electron chi connectivity index (χ0n) is 37.2. The molecule has 2 atom stereocenters. The molecule has 0 radical (unpaired) electrons. The first-order chi connectivity index (χ1) is 27.0. The van der Waals surface area contributed by atoms with Crippen LogP contribution < -0.4 is 4.74 Å². The van der Waals surface area contributed by atoms with E-state index in [0.717, 1.165) is 5.75 Å². The van der Waals surface area contributed by atoms with Crippen LogP contribution in [0.3, 0.4) is 0 Å². The third kappa shape index (κ3) is 6.97. The molecule has 293 valence electrons. The average Bonchev–Trinajstić information content (AvgIpc) is 3.80. The maximum atomic E-state index is 6.49. The molecule has 57 heavy (non-hydrogen) atoms. The standard InChI is InChI=1S/C29H29.C23H27O.C2H7Si.Zr/c1-17-9-18(2)12-22(11-17)28-24-7-6-8-25(24)29(27-16-21(5)15-26(27)28)23-13-19(3)10-20(4)14-23;1-14-8-15(2)11-18(10-14)21-19-12-16(3)9-17(19)13-20(22(21)24-7)23(4,5)6;1-3-2;/h9-16H,6-8H2,1-5H3;8-13H,1-7H3;3H,1-2H3;. The number of allylic oxidation sites excluding steroid dienone is 2. The van der Waals surface area contributed by atoms with Gasteiger partial charge in [0.25, 0.3) is 0 Å². The summed E-state index contributed by atoms with van der Waals surface area (Å²) in [4.78, 5) is 0. The van der Waals surface area contributed by atoms with E-state index in [1.54, 1.807) is 50.1 Å². The normalized spacial score (nSPS) is 17.1. The Balaban J connectivity index is 1.44. The van der Waals surface area contributed by atoms with Crippen molar-refractivity contribution in [2.45, 2.75) is 121 Å². The second-order valence-corrected chi connectivity index (χ2v) is 39.5. The number of ether oxygens (including phenoxy) is 1. The molecule has 5 aromatic carbocycles. The Morgan fingerprint density at radius 2 is 1.00 bits per heavy atom. The second kappa shape index (κ2) is 14.9. The van der Waals surface area contributed by atoms with E-state index < -0.39 is 26.8 Å². The van der Waals surface area contributed by atoms with Gasteiger partial charge in [0.05, 0.1) is 0 Å². The minimum absolute atomic E-state index is 0.0683. The predicted molar refractivity (Wildman–Crippen MR) is 247 cm³/mol. The molecule has 0 amide bonds. The van der Waals surface area contributed by atoms with Gasteiger partial charge in [-0.1, -0.05) is 0 Å². The van der Waals surface area contributed by atoms with Crippen LogP contribution in [0, 0.1) is 41.5 Å². The van der Waals surface area contributed by atoms with Crippen molar-refractivity contribution in [2.75, 3.05) is 7.11 Å². The fraction of sp³-hybridized carbons (Fsp3) is 0.370. The summed E-state index contributed by atoms with van der Waals surface area (Å²) < 4.78 is 7.54. The van der Waals surface area contributed by atoms with Gasteiger partial charge in [-0.05, 0) is 0 Å². The SMILES string of the molecule is COc1c(C(C)(C)C)cc2c(c1-c1cc(C)cc(C)c1)C=C(C)[CH]2[Zr]([CH]1C(C)=Cc2c(-c3cc(C)cc(C)c3)c3c(c(-c4cc(C)cc(C)c4)c21)CCC3)[SiH](C)C. The summed E-state index contributed by atoms with van der Waals surface area (Å²) in [5.74, 6) is -0.0950. The van der Waals surface area contributed by atoms with Crippen LogP contribution in [0.1, 0.15) is 121 Å². The summed E-state index contributed by atoms with van der Waals surface area (Å²) in [7, 11) is 1.89. The fourth-order valence-corrected chi connectivity index (χ4v) is 34.5. The molecule has 5 aromatic rings. The molecule has 0 bridgehead atoms. The zero-order valence-corrected chi connectivity index (χ0v) is 40.8. The van der Waals surface area contributed by atoms with Gasteiger partial charge in [0.15, 0.2) is 0 Å². The minimum atomic E-state index is -2.49. The Morgan fingerprint density at radius 3 is 1.47 bits per heavy atom. The average molecular weight is 847 g/mol. The number of hydrogen-bond donors (Lipinski definition) is 0. The fourth-order valence-electron chi connectivity index (χ4n) is 11.3. The molecule has 0 spiro atoms. The third-order valence-electron chi connectivity index (χ3n) is 13.1. The van der Waals surface area contributed by atoms with Gasteiger partial charge in [0.1, 0.15) is 0 Å². The maximum absolute atomic E-state index is 6.49. The monoisotopic (exact) mass is 845 g/mol. The quantitative estimate of drug-likeness (QED) is 0.148. The Morgan fingerprint density at radius 1 is 0.561 bits per heavy atom. The van der Waals surface area contributed by atoms with E-state index in [4.69, 9.17) is 4.74 Å².